The van der Waals surface area contributed by atoms with Crippen molar-refractivity contribution in [2.75, 3.05) is 0 Å². The van der Waals surface area contributed by atoms with Crippen LogP contribution in [0.25, 0.3) is 0 Å². The van der Waals surface area contributed by atoms with Gasteiger partial charge < -0.3 is 0 Å². The largest absolute Gasteiger partial charge is 0.294 e. The van der Waals surface area contributed by atoms with Gasteiger partial charge in [0.05, 0.1) is 0 Å². The van der Waals surface area contributed by atoms with Crippen LogP contribution in [0.2, 0.25) is 0 Å². The second-order valence-corrected chi connectivity index (χ2v) is 4.61. The first-order chi connectivity index (χ1) is 6.02. The van der Waals surface area contributed by atoms with Gasteiger partial charge in [-0.1, -0.05) is 20.4 Å². The summed E-state index contributed by atoms with van der Waals surface area (Å²) >= 11 is 0. The quantitative estimate of drug-likeness (QED) is 0.596. The highest BCUT2D eigenvalue weighted by Gasteiger charge is 2.28. The van der Waals surface area contributed by atoms with E-state index < -0.39 is 0 Å². The van der Waals surface area contributed by atoms with Gasteiger partial charge in [-0.25, -0.2) is 0 Å². The van der Waals surface area contributed by atoms with Crippen LogP contribution in [-0.4, -0.2) is 5.78 Å². The van der Waals surface area contributed by atoms with Crippen LogP contribution in [0.15, 0.2) is 12.2 Å². The molecule has 0 bridgehead atoms. The van der Waals surface area contributed by atoms with Crippen molar-refractivity contribution in [1.82, 2.24) is 0 Å². The lowest BCUT2D eigenvalue weighted by molar-refractivity contribution is -0.120. The van der Waals surface area contributed by atoms with Crippen LogP contribution in [0, 0.1) is 17.8 Å². The Morgan fingerprint density at radius 3 is 2.31 bits per heavy atom. The van der Waals surface area contributed by atoms with Crippen molar-refractivity contribution in [3.63, 3.8) is 0 Å². The third kappa shape index (κ3) is 2.43. The number of allylic oxidation sites excluding steroid dienone is 1. The van der Waals surface area contributed by atoms with Crippen LogP contribution in [-0.2, 0) is 4.79 Å². The predicted molar refractivity (Wildman–Crippen MR) is 55.5 cm³/mol. The summed E-state index contributed by atoms with van der Waals surface area (Å²) < 4.78 is 0. The molecule has 0 aromatic heterocycles. The van der Waals surface area contributed by atoms with Crippen molar-refractivity contribution in [2.45, 2.75) is 40.0 Å². The first-order valence-corrected chi connectivity index (χ1v) is 5.22. The van der Waals surface area contributed by atoms with Crippen molar-refractivity contribution in [2.24, 2.45) is 17.8 Å². The van der Waals surface area contributed by atoms with E-state index in [-0.39, 0.29) is 5.92 Å². The van der Waals surface area contributed by atoms with Crippen LogP contribution < -0.4 is 0 Å². The Bertz CT molecular complexity index is 217. The summed E-state index contributed by atoms with van der Waals surface area (Å²) in [6.07, 6.45) is 3.33. The molecule has 0 radical (unpaired) electrons. The monoisotopic (exact) mass is 180 g/mol. The molecule has 1 aliphatic rings. The summed E-state index contributed by atoms with van der Waals surface area (Å²) in [4.78, 5) is 11.7. The first kappa shape index (κ1) is 10.5. The molecule has 74 valence electrons. The van der Waals surface area contributed by atoms with Gasteiger partial charge in [0, 0.05) is 5.92 Å². The molecule has 0 saturated heterocycles. The van der Waals surface area contributed by atoms with Crippen molar-refractivity contribution >= 4 is 5.78 Å². The Labute approximate surface area is 81.2 Å². The highest BCUT2D eigenvalue weighted by atomic mass is 16.1. The molecule has 0 aromatic carbocycles. The van der Waals surface area contributed by atoms with Crippen molar-refractivity contribution in [3.8, 4) is 0 Å². The van der Waals surface area contributed by atoms with Crippen LogP contribution >= 0.6 is 0 Å². The van der Waals surface area contributed by atoms with E-state index >= 15 is 0 Å². The number of Topliss-reactive ketones (excluding diaryl/α,β-unsaturated/α-hetero) is 1. The predicted octanol–water partition coefficient (Wildman–Crippen LogP) is 3.20. The molecule has 0 aliphatic heterocycles. The lowest BCUT2D eigenvalue weighted by Gasteiger charge is -2.31. The minimum Gasteiger partial charge on any atom is -0.294 e. The molecule has 1 fully saturated rings. The molecule has 3 atom stereocenters. The molecule has 0 amide bonds. The third-order valence-corrected chi connectivity index (χ3v) is 3.39. The molecule has 1 saturated carbocycles. The molecule has 0 heterocycles. The van der Waals surface area contributed by atoms with E-state index in [0.717, 1.165) is 24.3 Å². The standard InChI is InChI=1S/C12H20O/c1-8(2)12(13)11-6-5-9(3)10(4)7-11/h9-11H,1,5-7H2,2-4H3. The van der Waals surface area contributed by atoms with Gasteiger partial charge in [-0.3, -0.25) is 4.79 Å². The highest BCUT2D eigenvalue weighted by Crippen LogP contribution is 2.34. The van der Waals surface area contributed by atoms with E-state index in [1.165, 1.54) is 6.42 Å². The SMILES string of the molecule is C=C(C)C(=O)C1CCC(C)C(C)C1. The van der Waals surface area contributed by atoms with Gasteiger partial charge in [0.1, 0.15) is 0 Å². The van der Waals surface area contributed by atoms with Crippen molar-refractivity contribution in [1.29, 1.82) is 0 Å². The number of rotatable bonds is 2. The number of hydrogen-bond donors (Lipinski definition) is 0. The Morgan fingerprint density at radius 1 is 1.23 bits per heavy atom. The minimum absolute atomic E-state index is 0.267. The fraction of sp³-hybridized carbons (Fsp3) is 0.750. The average Bonchev–Trinajstić information content (AvgIpc) is 2.08. The maximum Gasteiger partial charge on any atom is 0.161 e. The molecular weight excluding hydrogens is 160 g/mol. The van der Waals surface area contributed by atoms with Gasteiger partial charge >= 0.3 is 0 Å². The maximum absolute atomic E-state index is 11.7. The van der Waals surface area contributed by atoms with E-state index in [4.69, 9.17) is 0 Å². The Kier molecular flexibility index (Phi) is 3.29. The van der Waals surface area contributed by atoms with Crippen molar-refractivity contribution in [3.05, 3.63) is 12.2 Å². The molecule has 0 N–H and O–H groups in total. The van der Waals surface area contributed by atoms with E-state index in [9.17, 15) is 4.79 Å². The van der Waals surface area contributed by atoms with Crippen LogP contribution in [0.1, 0.15) is 40.0 Å². The van der Waals surface area contributed by atoms with Gasteiger partial charge in [0.2, 0.25) is 0 Å². The van der Waals surface area contributed by atoms with Gasteiger partial charge in [-0.05, 0) is 43.6 Å². The Morgan fingerprint density at radius 2 is 1.85 bits per heavy atom. The molecule has 0 aromatic rings. The number of ketones is 1. The molecule has 1 rings (SSSR count). The minimum atomic E-state index is 0.267. The second-order valence-electron chi connectivity index (χ2n) is 4.61. The van der Waals surface area contributed by atoms with Crippen molar-refractivity contribution < 1.29 is 4.79 Å². The molecule has 1 aliphatic carbocycles. The van der Waals surface area contributed by atoms with E-state index in [0.29, 0.717) is 11.7 Å². The van der Waals surface area contributed by atoms with E-state index in [1.54, 1.807) is 0 Å². The summed E-state index contributed by atoms with van der Waals surface area (Å²) in [5.41, 5.74) is 0.728. The Balaban J connectivity index is 2.55. The second kappa shape index (κ2) is 4.08. The summed E-state index contributed by atoms with van der Waals surface area (Å²) in [5.74, 6) is 2.04. The fourth-order valence-electron chi connectivity index (χ4n) is 2.13. The molecule has 0 spiro atoms. The highest BCUT2D eigenvalue weighted by molar-refractivity contribution is 5.96. The molecular formula is C12H20O. The van der Waals surface area contributed by atoms with Gasteiger partial charge in [-0.15, -0.1) is 0 Å². The van der Waals surface area contributed by atoms with E-state index in [1.807, 2.05) is 6.92 Å². The lowest BCUT2D eigenvalue weighted by Crippen LogP contribution is -2.26. The molecule has 13 heavy (non-hydrogen) atoms. The topological polar surface area (TPSA) is 17.1 Å². The molecule has 3 unspecified atom stereocenters. The van der Waals surface area contributed by atoms with Gasteiger partial charge in [-0.2, -0.15) is 0 Å². The number of carbonyl (C=O) groups is 1. The van der Waals surface area contributed by atoms with Crippen LogP contribution in [0.3, 0.4) is 0 Å². The normalized spacial score (nSPS) is 34.2. The van der Waals surface area contributed by atoms with Gasteiger partial charge in [0.15, 0.2) is 5.78 Å². The summed E-state index contributed by atoms with van der Waals surface area (Å²) in [7, 11) is 0. The number of carbonyl (C=O) groups excluding carboxylic acids is 1. The maximum atomic E-state index is 11.7. The molecule has 1 heteroatoms. The number of hydrogen-bond acceptors (Lipinski definition) is 1. The first-order valence-electron chi connectivity index (χ1n) is 5.22. The smallest absolute Gasteiger partial charge is 0.161 e. The summed E-state index contributed by atoms with van der Waals surface area (Å²) in [6.45, 7) is 10.1. The van der Waals surface area contributed by atoms with Gasteiger partial charge in [0.25, 0.3) is 0 Å². The zero-order valence-electron chi connectivity index (χ0n) is 8.97. The average molecular weight is 180 g/mol. The lowest BCUT2D eigenvalue weighted by atomic mass is 9.73. The zero-order valence-corrected chi connectivity index (χ0v) is 8.97. The molecule has 1 nitrogen and oxygen atoms in total. The van der Waals surface area contributed by atoms with Crippen LogP contribution in [0.4, 0.5) is 0 Å². The Hall–Kier alpha value is -0.590. The summed E-state index contributed by atoms with van der Waals surface area (Å²) in [5, 5.41) is 0. The van der Waals surface area contributed by atoms with E-state index in [2.05, 4.69) is 20.4 Å². The summed E-state index contributed by atoms with van der Waals surface area (Å²) in [6, 6.07) is 0. The van der Waals surface area contributed by atoms with Crippen LogP contribution in [0.5, 0.6) is 0 Å². The third-order valence-electron chi connectivity index (χ3n) is 3.39. The zero-order chi connectivity index (χ0) is 10.0. The fourth-order valence-corrected chi connectivity index (χ4v) is 2.13.